The Kier molecular flexibility index (Phi) is 4.93. The molecule has 0 aliphatic rings. The lowest BCUT2D eigenvalue weighted by Gasteiger charge is -2.16. The van der Waals surface area contributed by atoms with Gasteiger partial charge in [-0.1, -0.05) is 17.7 Å². The highest BCUT2D eigenvalue weighted by atomic mass is 35.5. The van der Waals surface area contributed by atoms with Gasteiger partial charge in [-0.05, 0) is 17.7 Å². The van der Waals surface area contributed by atoms with Crippen molar-refractivity contribution < 1.29 is 17.6 Å². The van der Waals surface area contributed by atoms with Crippen molar-refractivity contribution in [2.24, 2.45) is 0 Å². The number of halogens is 5. The first-order valence-electron chi connectivity index (χ1n) is 4.92. The molecule has 0 saturated carbocycles. The molecule has 7 heteroatoms. The molecular formula is C11H9ClF4N2. The van der Waals surface area contributed by atoms with Gasteiger partial charge < -0.3 is 5.32 Å². The first kappa shape index (κ1) is 14.7. The maximum atomic E-state index is 12.6. The van der Waals surface area contributed by atoms with Crippen LogP contribution in [0.5, 0.6) is 0 Å². The Labute approximate surface area is 106 Å². The fourth-order valence-corrected chi connectivity index (χ4v) is 1.45. The second-order valence-corrected chi connectivity index (χ2v) is 3.99. The molecule has 0 aromatic heterocycles. The molecule has 0 aliphatic heterocycles. The second-order valence-electron chi connectivity index (χ2n) is 3.58. The molecule has 1 aromatic rings. The first-order chi connectivity index (χ1) is 8.36. The summed E-state index contributed by atoms with van der Waals surface area (Å²) in [5, 5.41) is 11.0. The molecule has 0 amide bonds. The summed E-state index contributed by atoms with van der Waals surface area (Å²) in [7, 11) is 0. The monoisotopic (exact) mass is 280 g/mol. The number of hydrogen-bond acceptors (Lipinski definition) is 2. The van der Waals surface area contributed by atoms with E-state index in [9.17, 15) is 17.6 Å². The Bertz CT molecular complexity index is 457. The van der Waals surface area contributed by atoms with Crippen molar-refractivity contribution in [2.45, 2.75) is 18.9 Å². The second kappa shape index (κ2) is 6.03. The minimum atomic E-state index is -4.07. The van der Waals surface area contributed by atoms with Gasteiger partial charge in [0.25, 0.3) is 0 Å². The number of rotatable bonds is 5. The lowest BCUT2D eigenvalue weighted by molar-refractivity contribution is -0.125. The summed E-state index contributed by atoms with van der Waals surface area (Å²) in [5.74, 6) is -4.07. The Hall–Kier alpha value is -1.32. The summed E-state index contributed by atoms with van der Waals surface area (Å²) in [6, 6.07) is 6.19. The van der Waals surface area contributed by atoms with E-state index in [0.29, 0.717) is 11.1 Å². The van der Waals surface area contributed by atoms with Gasteiger partial charge in [-0.25, -0.2) is 8.78 Å². The molecule has 1 rings (SSSR count). The fraction of sp³-hybridized carbons (Fsp3) is 0.364. The number of hydrogen-bond donors (Lipinski definition) is 1. The largest absolute Gasteiger partial charge is 0.319 e. The van der Waals surface area contributed by atoms with Crippen molar-refractivity contribution in [3.05, 3.63) is 34.3 Å². The normalized spacial score (nSPS) is 11.6. The van der Waals surface area contributed by atoms with E-state index >= 15 is 0 Å². The van der Waals surface area contributed by atoms with E-state index in [0.717, 1.165) is 0 Å². The van der Waals surface area contributed by atoms with Crippen molar-refractivity contribution in [2.75, 3.05) is 6.54 Å². The van der Waals surface area contributed by atoms with Gasteiger partial charge in [-0.2, -0.15) is 14.0 Å². The lowest BCUT2D eigenvalue weighted by atomic mass is 10.1. The van der Waals surface area contributed by atoms with Gasteiger partial charge in [0, 0.05) is 11.6 Å². The molecular weight excluding hydrogens is 272 g/mol. The molecule has 0 bridgehead atoms. The summed E-state index contributed by atoms with van der Waals surface area (Å²) in [6.45, 7) is -1.21. The molecule has 98 valence electrons. The number of nitrogens with one attached hydrogen (secondary N) is 1. The molecule has 0 saturated heterocycles. The Morgan fingerprint density at radius 2 is 2.06 bits per heavy atom. The Balaban J connectivity index is 2.58. The van der Waals surface area contributed by atoms with Crippen LogP contribution in [0.2, 0.25) is 5.02 Å². The smallest absolute Gasteiger partial charge is 0.307 e. The van der Waals surface area contributed by atoms with Crippen LogP contribution in [0.1, 0.15) is 11.1 Å². The van der Waals surface area contributed by atoms with Crippen molar-refractivity contribution in [3.63, 3.8) is 0 Å². The zero-order chi connectivity index (χ0) is 13.8. The lowest BCUT2D eigenvalue weighted by Crippen LogP contribution is -2.38. The average molecular weight is 281 g/mol. The number of benzene rings is 1. The molecule has 0 radical (unpaired) electrons. The standard InChI is InChI=1S/C11H9ClF4N2/c12-9-3-7(4-17)1-2-8(9)5-18-6-11(15,16)10(13)14/h1-3,10,18H,5-6H2. The highest BCUT2D eigenvalue weighted by molar-refractivity contribution is 6.31. The van der Waals surface area contributed by atoms with Crippen LogP contribution in [-0.4, -0.2) is 18.9 Å². The number of alkyl halides is 4. The van der Waals surface area contributed by atoms with E-state index in [2.05, 4.69) is 5.32 Å². The summed E-state index contributed by atoms with van der Waals surface area (Å²) in [5.41, 5.74) is 0.794. The SMILES string of the molecule is N#Cc1ccc(CNCC(F)(F)C(F)F)c(Cl)c1. The van der Waals surface area contributed by atoms with E-state index in [4.69, 9.17) is 16.9 Å². The third-order valence-corrected chi connectivity index (χ3v) is 2.53. The molecule has 0 heterocycles. The minimum absolute atomic E-state index is 0.0765. The van der Waals surface area contributed by atoms with E-state index in [1.807, 2.05) is 6.07 Å². The topological polar surface area (TPSA) is 35.8 Å². The van der Waals surface area contributed by atoms with Crippen molar-refractivity contribution in [3.8, 4) is 6.07 Å². The van der Waals surface area contributed by atoms with Crippen LogP contribution in [0.25, 0.3) is 0 Å². The Morgan fingerprint density at radius 1 is 1.39 bits per heavy atom. The number of nitrogens with zero attached hydrogens (tertiary/aromatic N) is 1. The van der Waals surface area contributed by atoms with E-state index in [-0.39, 0.29) is 11.6 Å². The number of nitriles is 1. The maximum absolute atomic E-state index is 12.6. The van der Waals surface area contributed by atoms with Crippen LogP contribution < -0.4 is 5.32 Å². The van der Waals surface area contributed by atoms with Gasteiger partial charge in [-0.15, -0.1) is 0 Å². The molecule has 1 N–H and O–H groups in total. The predicted molar refractivity (Wildman–Crippen MR) is 58.8 cm³/mol. The summed E-state index contributed by atoms with van der Waals surface area (Å²) >= 11 is 5.79. The van der Waals surface area contributed by atoms with Crippen molar-refractivity contribution >= 4 is 11.6 Å². The molecule has 18 heavy (non-hydrogen) atoms. The van der Waals surface area contributed by atoms with Crippen LogP contribution in [-0.2, 0) is 6.54 Å². The Morgan fingerprint density at radius 3 is 2.56 bits per heavy atom. The highest BCUT2D eigenvalue weighted by Crippen LogP contribution is 2.22. The van der Waals surface area contributed by atoms with Gasteiger partial charge in [-0.3, -0.25) is 0 Å². The van der Waals surface area contributed by atoms with Gasteiger partial charge in [0.2, 0.25) is 0 Å². The third-order valence-electron chi connectivity index (χ3n) is 2.18. The summed E-state index contributed by atoms with van der Waals surface area (Å²) < 4.78 is 48.9. The van der Waals surface area contributed by atoms with Crippen molar-refractivity contribution in [1.82, 2.24) is 5.32 Å². The van der Waals surface area contributed by atoms with Crippen LogP contribution in [0.15, 0.2) is 18.2 Å². The van der Waals surface area contributed by atoms with Gasteiger partial charge in [0.05, 0.1) is 18.2 Å². The maximum Gasteiger partial charge on any atom is 0.319 e. The molecule has 0 spiro atoms. The average Bonchev–Trinajstić information content (AvgIpc) is 2.30. The molecule has 0 aliphatic carbocycles. The molecule has 0 atom stereocenters. The minimum Gasteiger partial charge on any atom is -0.307 e. The van der Waals surface area contributed by atoms with E-state index in [1.54, 1.807) is 0 Å². The van der Waals surface area contributed by atoms with E-state index < -0.39 is 18.9 Å². The van der Waals surface area contributed by atoms with E-state index in [1.165, 1.54) is 18.2 Å². The molecule has 0 unspecified atom stereocenters. The first-order valence-corrected chi connectivity index (χ1v) is 5.30. The summed E-state index contributed by atoms with van der Waals surface area (Å²) in [4.78, 5) is 0. The zero-order valence-electron chi connectivity index (χ0n) is 9.06. The molecule has 1 aromatic carbocycles. The van der Waals surface area contributed by atoms with Crippen LogP contribution in [0, 0.1) is 11.3 Å². The van der Waals surface area contributed by atoms with Gasteiger partial charge in [0.1, 0.15) is 0 Å². The van der Waals surface area contributed by atoms with Crippen LogP contribution in [0.4, 0.5) is 17.6 Å². The molecule has 0 fully saturated rings. The van der Waals surface area contributed by atoms with Gasteiger partial charge in [0.15, 0.2) is 0 Å². The van der Waals surface area contributed by atoms with Crippen LogP contribution >= 0.6 is 11.6 Å². The molecule has 2 nitrogen and oxygen atoms in total. The quantitative estimate of drug-likeness (QED) is 0.841. The third kappa shape index (κ3) is 3.86. The van der Waals surface area contributed by atoms with Crippen molar-refractivity contribution in [1.29, 1.82) is 5.26 Å². The predicted octanol–water partition coefficient (Wildman–Crippen LogP) is 3.20. The summed E-state index contributed by atoms with van der Waals surface area (Å²) in [6.07, 6.45) is -3.71. The van der Waals surface area contributed by atoms with Crippen LogP contribution in [0.3, 0.4) is 0 Å². The zero-order valence-corrected chi connectivity index (χ0v) is 9.82. The van der Waals surface area contributed by atoms with Gasteiger partial charge >= 0.3 is 12.3 Å². The highest BCUT2D eigenvalue weighted by Gasteiger charge is 2.39. The fourth-order valence-electron chi connectivity index (χ4n) is 1.20.